The summed E-state index contributed by atoms with van der Waals surface area (Å²) >= 11 is 5.52. The van der Waals surface area contributed by atoms with Gasteiger partial charge in [-0.3, -0.25) is 10.1 Å². The van der Waals surface area contributed by atoms with Crippen LogP contribution in [0.2, 0.25) is 0 Å². The molecule has 0 aromatic carbocycles. The summed E-state index contributed by atoms with van der Waals surface area (Å²) in [4.78, 5) is 30.6. The predicted octanol–water partition coefficient (Wildman–Crippen LogP) is -0.715. The number of nitro groups is 1. The molecular formula is C8H4ClNO8S. The molecule has 2 N–H and O–H groups in total. The summed E-state index contributed by atoms with van der Waals surface area (Å²) in [7, 11) is -3.02. The van der Waals surface area contributed by atoms with Crippen LogP contribution < -0.4 is 0 Å². The van der Waals surface area contributed by atoms with Crippen LogP contribution in [0.5, 0.6) is 0 Å². The summed E-state index contributed by atoms with van der Waals surface area (Å²) in [5.74, 6) is -3.70. The number of aliphatic carboxylic acids is 2. The Bertz CT molecular complexity index is 678. The van der Waals surface area contributed by atoms with Gasteiger partial charge in [-0.25, -0.2) is 9.59 Å². The van der Waals surface area contributed by atoms with Crippen molar-refractivity contribution in [1.82, 2.24) is 0 Å². The highest BCUT2D eigenvalue weighted by atomic mass is 35.5. The first-order valence-electron chi connectivity index (χ1n) is 4.35. The van der Waals surface area contributed by atoms with Crippen LogP contribution in [0.15, 0.2) is 22.9 Å². The Labute approximate surface area is 111 Å². The standard InChI is InChI=1S/C8H4ClNO8S/c9-5-3(19(17)18)1-2(7(11)12)4(8(13)14)6(5)10(15)16/h1,5H,(H,11,12)(H,13,14). The summed E-state index contributed by atoms with van der Waals surface area (Å²) in [6.45, 7) is 0. The molecule has 19 heavy (non-hydrogen) atoms. The minimum atomic E-state index is -3.02. The van der Waals surface area contributed by atoms with Crippen molar-refractivity contribution in [2.45, 2.75) is 5.38 Å². The van der Waals surface area contributed by atoms with Crippen LogP contribution in [0, 0.1) is 10.1 Å². The Morgan fingerprint density at radius 2 is 1.84 bits per heavy atom. The van der Waals surface area contributed by atoms with E-state index in [-0.39, 0.29) is 0 Å². The Morgan fingerprint density at radius 3 is 2.16 bits per heavy atom. The first-order valence-corrected chi connectivity index (χ1v) is 5.87. The van der Waals surface area contributed by atoms with Gasteiger partial charge in [0, 0.05) is 0 Å². The third-order valence-electron chi connectivity index (χ3n) is 2.14. The SMILES string of the molecule is O=C(O)C1=CC(=S(=O)=O)C(Cl)C([N+](=O)[O-])=C1C(=O)O. The van der Waals surface area contributed by atoms with Crippen molar-refractivity contribution in [3.05, 3.63) is 33.0 Å². The zero-order chi connectivity index (χ0) is 14.9. The van der Waals surface area contributed by atoms with Crippen LogP contribution >= 0.6 is 11.6 Å². The second-order valence-corrected chi connectivity index (χ2v) is 4.56. The third-order valence-corrected chi connectivity index (χ3v) is 3.44. The maximum absolute atomic E-state index is 10.9. The molecule has 0 aromatic heterocycles. The van der Waals surface area contributed by atoms with Crippen molar-refractivity contribution in [3.8, 4) is 0 Å². The first-order chi connectivity index (χ1) is 8.68. The second-order valence-electron chi connectivity index (χ2n) is 3.19. The van der Waals surface area contributed by atoms with Gasteiger partial charge in [0.15, 0.2) is 5.38 Å². The third kappa shape index (κ3) is 2.63. The van der Waals surface area contributed by atoms with Crippen molar-refractivity contribution in [2.24, 2.45) is 0 Å². The lowest BCUT2D eigenvalue weighted by Gasteiger charge is -2.15. The number of rotatable bonds is 3. The second kappa shape index (κ2) is 5.20. The van der Waals surface area contributed by atoms with Crippen LogP contribution in [0.3, 0.4) is 0 Å². The van der Waals surface area contributed by atoms with E-state index < -0.39 is 54.2 Å². The lowest BCUT2D eigenvalue weighted by molar-refractivity contribution is -0.426. The van der Waals surface area contributed by atoms with E-state index in [1.807, 2.05) is 0 Å². The molecule has 1 aliphatic carbocycles. The number of hydrogen-bond acceptors (Lipinski definition) is 6. The number of carbonyl (C=O) groups is 2. The zero-order valence-electron chi connectivity index (χ0n) is 8.73. The summed E-state index contributed by atoms with van der Waals surface area (Å²) in [5.41, 5.74) is -3.37. The number of carboxylic acids is 2. The molecule has 11 heteroatoms. The fourth-order valence-electron chi connectivity index (χ4n) is 1.40. The number of carboxylic acid groups (broad SMARTS) is 2. The van der Waals surface area contributed by atoms with Gasteiger partial charge in [0.25, 0.3) is 5.70 Å². The average Bonchev–Trinajstić information content (AvgIpc) is 2.26. The quantitative estimate of drug-likeness (QED) is 0.300. The maximum atomic E-state index is 10.9. The van der Waals surface area contributed by atoms with Gasteiger partial charge in [0.2, 0.25) is 10.3 Å². The molecular weight excluding hydrogens is 306 g/mol. The van der Waals surface area contributed by atoms with Gasteiger partial charge in [0.1, 0.15) is 10.4 Å². The lowest BCUT2D eigenvalue weighted by atomic mass is 9.94. The largest absolute Gasteiger partial charge is 0.478 e. The minimum absolute atomic E-state index is 0.486. The highest BCUT2D eigenvalue weighted by Crippen LogP contribution is 2.28. The summed E-state index contributed by atoms with van der Waals surface area (Å²) in [5, 5.41) is 26.5. The van der Waals surface area contributed by atoms with Crippen molar-refractivity contribution in [2.75, 3.05) is 0 Å². The monoisotopic (exact) mass is 309 g/mol. The Balaban J connectivity index is 3.82. The van der Waals surface area contributed by atoms with E-state index in [1.54, 1.807) is 0 Å². The maximum Gasteiger partial charge on any atom is 0.343 e. The van der Waals surface area contributed by atoms with E-state index in [1.165, 1.54) is 0 Å². The fourth-order valence-corrected chi connectivity index (χ4v) is 2.36. The van der Waals surface area contributed by atoms with Gasteiger partial charge in [-0.2, -0.15) is 8.42 Å². The molecule has 1 aliphatic rings. The molecule has 1 rings (SSSR count). The predicted molar refractivity (Wildman–Crippen MR) is 60.9 cm³/mol. The summed E-state index contributed by atoms with van der Waals surface area (Å²) < 4.78 is 21.7. The number of halogens is 1. The Morgan fingerprint density at radius 1 is 1.32 bits per heavy atom. The minimum Gasteiger partial charge on any atom is -0.478 e. The van der Waals surface area contributed by atoms with Crippen molar-refractivity contribution in [1.29, 1.82) is 0 Å². The van der Waals surface area contributed by atoms with E-state index in [9.17, 15) is 28.1 Å². The van der Waals surface area contributed by atoms with Crippen LogP contribution in [0.4, 0.5) is 0 Å². The first kappa shape index (κ1) is 14.9. The molecule has 0 spiro atoms. The highest BCUT2D eigenvalue weighted by molar-refractivity contribution is 7.73. The van der Waals surface area contributed by atoms with Gasteiger partial charge < -0.3 is 10.2 Å². The van der Waals surface area contributed by atoms with Crippen molar-refractivity contribution < 1.29 is 33.1 Å². The molecule has 0 aromatic rings. The zero-order valence-corrected chi connectivity index (χ0v) is 10.3. The number of nitrogens with zero attached hydrogens (tertiary/aromatic N) is 1. The molecule has 102 valence electrons. The normalized spacial score (nSPS) is 18.9. The van der Waals surface area contributed by atoms with E-state index >= 15 is 0 Å². The lowest BCUT2D eigenvalue weighted by Crippen LogP contribution is -2.31. The van der Waals surface area contributed by atoms with Crippen LogP contribution in [-0.4, -0.2) is 45.7 Å². The molecule has 0 fully saturated rings. The van der Waals surface area contributed by atoms with E-state index in [0.29, 0.717) is 6.08 Å². The van der Waals surface area contributed by atoms with E-state index in [2.05, 4.69) is 0 Å². The van der Waals surface area contributed by atoms with Gasteiger partial charge >= 0.3 is 11.9 Å². The Hall–Kier alpha value is -2.20. The number of allylic oxidation sites excluding steroid dienone is 2. The molecule has 1 atom stereocenters. The number of alkyl halides is 1. The van der Waals surface area contributed by atoms with Crippen LogP contribution in [0.25, 0.3) is 0 Å². The molecule has 0 saturated carbocycles. The highest BCUT2D eigenvalue weighted by Gasteiger charge is 2.42. The molecule has 9 nitrogen and oxygen atoms in total. The molecule has 0 aliphatic heterocycles. The Kier molecular flexibility index (Phi) is 4.07. The van der Waals surface area contributed by atoms with Gasteiger partial charge in [-0.05, 0) is 6.08 Å². The molecule has 0 saturated heterocycles. The fraction of sp³-hybridized carbons (Fsp3) is 0.125. The van der Waals surface area contributed by atoms with Crippen molar-refractivity contribution >= 4 is 38.7 Å². The van der Waals surface area contributed by atoms with E-state index in [0.717, 1.165) is 0 Å². The summed E-state index contributed by atoms with van der Waals surface area (Å²) in [6, 6.07) is 0. The molecule has 0 radical (unpaired) electrons. The van der Waals surface area contributed by atoms with Crippen molar-refractivity contribution in [3.63, 3.8) is 0 Å². The van der Waals surface area contributed by atoms with Crippen LogP contribution in [-0.2, 0) is 19.9 Å². The van der Waals surface area contributed by atoms with Gasteiger partial charge in [-0.1, -0.05) is 0 Å². The number of hydrogen-bond donors (Lipinski definition) is 2. The van der Waals surface area contributed by atoms with Crippen LogP contribution in [0.1, 0.15) is 0 Å². The molecule has 1 unspecified atom stereocenters. The smallest absolute Gasteiger partial charge is 0.343 e. The molecule has 0 heterocycles. The average molecular weight is 310 g/mol. The molecule has 0 amide bonds. The molecule has 0 bridgehead atoms. The topological polar surface area (TPSA) is 152 Å². The van der Waals surface area contributed by atoms with E-state index in [4.69, 9.17) is 21.8 Å². The summed E-state index contributed by atoms with van der Waals surface area (Å²) in [6.07, 6.45) is 0.486. The van der Waals surface area contributed by atoms with Gasteiger partial charge in [0.05, 0.1) is 10.5 Å². The van der Waals surface area contributed by atoms with Gasteiger partial charge in [-0.15, -0.1) is 11.6 Å².